The van der Waals surface area contributed by atoms with Gasteiger partial charge < -0.3 is 19.1 Å². The van der Waals surface area contributed by atoms with Crippen molar-refractivity contribution in [2.45, 2.75) is 58.4 Å². The van der Waals surface area contributed by atoms with E-state index in [9.17, 15) is 4.79 Å². The Labute approximate surface area is 197 Å². The van der Waals surface area contributed by atoms with Crippen LogP contribution in [0.15, 0.2) is 48.5 Å². The number of benzene rings is 2. The van der Waals surface area contributed by atoms with E-state index in [0.29, 0.717) is 13.2 Å². The highest BCUT2D eigenvalue weighted by Crippen LogP contribution is 2.29. The second-order valence-electron chi connectivity index (χ2n) is 9.28. The first-order valence-corrected chi connectivity index (χ1v) is 12.1. The molecule has 33 heavy (non-hydrogen) atoms. The minimum absolute atomic E-state index is 0.129. The second-order valence-corrected chi connectivity index (χ2v) is 9.28. The molecule has 2 aliphatic rings. The van der Waals surface area contributed by atoms with Gasteiger partial charge in [-0.05, 0) is 62.1 Å². The maximum Gasteiger partial charge on any atom is 0.219 e. The zero-order valence-corrected chi connectivity index (χ0v) is 20.0. The van der Waals surface area contributed by atoms with Crippen molar-refractivity contribution in [2.75, 3.05) is 32.8 Å². The molecule has 0 unspecified atom stereocenters. The monoisotopic (exact) mass is 452 g/mol. The van der Waals surface area contributed by atoms with E-state index >= 15 is 0 Å². The molecule has 6 heteroatoms. The summed E-state index contributed by atoms with van der Waals surface area (Å²) in [6.45, 7) is 10.2. The number of amides is 1. The van der Waals surface area contributed by atoms with Gasteiger partial charge in [0.2, 0.25) is 5.91 Å². The van der Waals surface area contributed by atoms with E-state index in [1.54, 1.807) is 6.92 Å². The number of carbonyl (C=O) groups excluding carboxylic acids is 1. The molecule has 0 aliphatic carbocycles. The molecule has 2 fully saturated rings. The summed E-state index contributed by atoms with van der Waals surface area (Å²) in [5.41, 5.74) is 2.41. The van der Waals surface area contributed by atoms with Crippen LogP contribution in [0.25, 0.3) is 0 Å². The Morgan fingerprint density at radius 3 is 2.64 bits per heavy atom. The van der Waals surface area contributed by atoms with E-state index < -0.39 is 0 Å². The summed E-state index contributed by atoms with van der Waals surface area (Å²) in [6, 6.07) is 16.8. The van der Waals surface area contributed by atoms with E-state index in [0.717, 1.165) is 50.6 Å². The molecule has 178 valence electrons. The Balaban J connectivity index is 1.46. The summed E-state index contributed by atoms with van der Waals surface area (Å²) < 4.78 is 17.5. The minimum Gasteiger partial charge on any atom is -0.491 e. The Kier molecular flexibility index (Phi) is 7.89. The SMILES string of the molecule is CC(=O)N1CCN(Cc2cccc(OC[C@H]3CCCO3)c2)[C@H](c2ccc(OC(C)C)cc2)C1. The molecule has 2 saturated heterocycles. The van der Waals surface area contributed by atoms with Gasteiger partial charge in [0.15, 0.2) is 0 Å². The van der Waals surface area contributed by atoms with Crippen LogP contribution in [-0.4, -0.2) is 60.8 Å². The predicted octanol–water partition coefficient (Wildman–Crippen LogP) is 4.44. The maximum absolute atomic E-state index is 12.1. The van der Waals surface area contributed by atoms with E-state index in [4.69, 9.17) is 14.2 Å². The number of hydrogen-bond acceptors (Lipinski definition) is 5. The lowest BCUT2D eigenvalue weighted by Gasteiger charge is -2.41. The summed E-state index contributed by atoms with van der Waals surface area (Å²) in [4.78, 5) is 16.5. The highest BCUT2D eigenvalue weighted by molar-refractivity contribution is 5.73. The molecular formula is C27H36N2O4. The molecule has 0 aromatic heterocycles. The van der Waals surface area contributed by atoms with Gasteiger partial charge in [0.05, 0.1) is 18.2 Å². The molecule has 2 aromatic rings. The van der Waals surface area contributed by atoms with Crippen LogP contribution >= 0.6 is 0 Å². The van der Waals surface area contributed by atoms with E-state index in [2.05, 4.69) is 35.2 Å². The smallest absolute Gasteiger partial charge is 0.219 e. The molecular weight excluding hydrogens is 416 g/mol. The highest BCUT2D eigenvalue weighted by atomic mass is 16.5. The lowest BCUT2D eigenvalue weighted by Crippen LogP contribution is -2.49. The predicted molar refractivity (Wildman–Crippen MR) is 129 cm³/mol. The molecule has 0 spiro atoms. The zero-order valence-electron chi connectivity index (χ0n) is 20.0. The topological polar surface area (TPSA) is 51.2 Å². The third-order valence-electron chi connectivity index (χ3n) is 6.32. The van der Waals surface area contributed by atoms with Crippen LogP contribution < -0.4 is 9.47 Å². The number of rotatable bonds is 8. The van der Waals surface area contributed by atoms with E-state index in [1.165, 1.54) is 11.1 Å². The molecule has 0 N–H and O–H groups in total. The first kappa shape index (κ1) is 23.6. The third-order valence-corrected chi connectivity index (χ3v) is 6.32. The first-order valence-electron chi connectivity index (χ1n) is 12.1. The molecule has 6 nitrogen and oxygen atoms in total. The van der Waals surface area contributed by atoms with Crippen LogP contribution in [0.3, 0.4) is 0 Å². The van der Waals surface area contributed by atoms with Crippen molar-refractivity contribution in [2.24, 2.45) is 0 Å². The summed E-state index contributed by atoms with van der Waals surface area (Å²) >= 11 is 0. The fourth-order valence-electron chi connectivity index (χ4n) is 4.59. The zero-order chi connectivity index (χ0) is 23.2. The standard InChI is InChI=1S/C27H36N2O4/c1-20(2)33-24-11-9-23(10-12-24)27-18-28(21(3)30)13-14-29(27)17-22-6-4-7-25(16-22)32-19-26-8-5-15-31-26/h4,6-7,9-12,16,20,26-27H,5,8,13-15,17-19H2,1-3H3/t26-,27+/m1/s1. The molecule has 0 saturated carbocycles. The van der Waals surface area contributed by atoms with Crippen LogP contribution in [0.4, 0.5) is 0 Å². The Hall–Kier alpha value is -2.57. The fraction of sp³-hybridized carbons (Fsp3) is 0.519. The quantitative estimate of drug-likeness (QED) is 0.593. The average molecular weight is 453 g/mol. The van der Waals surface area contributed by atoms with Crippen LogP contribution in [0.5, 0.6) is 11.5 Å². The Morgan fingerprint density at radius 2 is 1.94 bits per heavy atom. The van der Waals surface area contributed by atoms with E-state index in [-0.39, 0.29) is 24.2 Å². The van der Waals surface area contributed by atoms with Crippen molar-refractivity contribution in [1.82, 2.24) is 9.80 Å². The van der Waals surface area contributed by atoms with Crippen molar-refractivity contribution in [1.29, 1.82) is 0 Å². The largest absolute Gasteiger partial charge is 0.491 e. The highest BCUT2D eigenvalue weighted by Gasteiger charge is 2.29. The summed E-state index contributed by atoms with van der Waals surface area (Å²) in [5.74, 6) is 1.89. The van der Waals surface area contributed by atoms with Crippen LogP contribution in [0.2, 0.25) is 0 Å². The third kappa shape index (κ3) is 6.49. The van der Waals surface area contributed by atoms with Gasteiger partial charge in [0.1, 0.15) is 18.1 Å². The molecule has 2 heterocycles. The minimum atomic E-state index is 0.129. The van der Waals surface area contributed by atoms with Gasteiger partial charge in [0.25, 0.3) is 0 Å². The van der Waals surface area contributed by atoms with Gasteiger partial charge in [0, 0.05) is 39.7 Å². The van der Waals surface area contributed by atoms with Crippen molar-refractivity contribution < 1.29 is 19.0 Å². The number of carbonyl (C=O) groups is 1. The van der Waals surface area contributed by atoms with Crippen LogP contribution in [0.1, 0.15) is 50.8 Å². The van der Waals surface area contributed by atoms with Gasteiger partial charge in [-0.1, -0.05) is 24.3 Å². The number of nitrogens with zero attached hydrogens (tertiary/aromatic N) is 2. The van der Waals surface area contributed by atoms with Gasteiger partial charge >= 0.3 is 0 Å². The molecule has 2 aliphatic heterocycles. The van der Waals surface area contributed by atoms with Crippen molar-refractivity contribution in [3.8, 4) is 11.5 Å². The number of piperazine rings is 1. The van der Waals surface area contributed by atoms with Gasteiger partial charge in [-0.25, -0.2) is 0 Å². The molecule has 2 atom stereocenters. The summed E-state index contributed by atoms with van der Waals surface area (Å²) in [7, 11) is 0. The average Bonchev–Trinajstić information content (AvgIpc) is 3.32. The van der Waals surface area contributed by atoms with Gasteiger partial charge in [-0.2, -0.15) is 0 Å². The number of ether oxygens (including phenoxy) is 3. The van der Waals surface area contributed by atoms with Crippen molar-refractivity contribution in [3.05, 3.63) is 59.7 Å². The molecule has 0 bridgehead atoms. The van der Waals surface area contributed by atoms with Gasteiger partial charge in [-0.15, -0.1) is 0 Å². The normalized spacial score (nSPS) is 21.4. The van der Waals surface area contributed by atoms with E-state index in [1.807, 2.05) is 36.9 Å². The summed E-state index contributed by atoms with van der Waals surface area (Å²) in [6.07, 6.45) is 2.54. The Bertz CT molecular complexity index is 909. The van der Waals surface area contributed by atoms with Gasteiger partial charge in [-0.3, -0.25) is 9.69 Å². The molecule has 2 aromatic carbocycles. The maximum atomic E-state index is 12.1. The number of hydrogen-bond donors (Lipinski definition) is 0. The Morgan fingerprint density at radius 1 is 1.12 bits per heavy atom. The molecule has 0 radical (unpaired) electrons. The first-order chi connectivity index (χ1) is 16.0. The molecule has 4 rings (SSSR count). The van der Waals surface area contributed by atoms with Crippen molar-refractivity contribution >= 4 is 5.91 Å². The summed E-state index contributed by atoms with van der Waals surface area (Å²) in [5, 5.41) is 0. The van der Waals surface area contributed by atoms with Crippen LogP contribution in [0, 0.1) is 0 Å². The second kappa shape index (κ2) is 11.0. The lowest BCUT2D eigenvalue weighted by atomic mass is 10.0. The lowest BCUT2D eigenvalue weighted by molar-refractivity contribution is -0.132. The van der Waals surface area contributed by atoms with Crippen molar-refractivity contribution in [3.63, 3.8) is 0 Å². The molecule has 1 amide bonds. The van der Waals surface area contributed by atoms with Crippen LogP contribution in [-0.2, 0) is 16.1 Å². The fourth-order valence-corrected chi connectivity index (χ4v) is 4.59.